The normalized spacial score (nSPS) is 27.6. The molecule has 2 nitrogen and oxygen atoms in total. The number of hydrogen-bond donors (Lipinski definition) is 1. The Morgan fingerprint density at radius 3 is 2.89 bits per heavy atom. The molecule has 0 spiro atoms. The lowest BCUT2D eigenvalue weighted by atomic mass is 9.80. The molecular weight excluding hydrogens is 254 g/mol. The van der Waals surface area contributed by atoms with E-state index in [-0.39, 0.29) is 0 Å². The number of hydrogen-bond acceptors (Lipinski definition) is 3. The molecule has 3 heteroatoms. The summed E-state index contributed by atoms with van der Waals surface area (Å²) in [6, 6.07) is 4.32. The van der Waals surface area contributed by atoms with Gasteiger partial charge in [0.15, 0.2) is 0 Å². The molecule has 1 saturated carbocycles. The summed E-state index contributed by atoms with van der Waals surface area (Å²) >= 11 is 1.84. The van der Waals surface area contributed by atoms with E-state index in [0.29, 0.717) is 6.10 Å². The monoisotopic (exact) mass is 281 g/mol. The van der Waals surface area contributed by atoms with E-state index in [0.717, 1.165) is 38.0 Å². The molecule has 3 unspecified atom stereocenters. The van der Waals surface area contributed by atoms with Crippen LogP contribution in [0.4, 0.5) is 0 Å². The summed E-state index contributed by atoms with van der Waals surface area (Å²) in [5.74, 6) is 1.70. The van der Waals surface area contributed by atoms with E-state index < -0.39 is 0 Å². The van der Waals surface area contributed by atoms with Crippen molar-refractivity contribution in [2.75, 3.05) is 19.7 Å². The van der Waals surface area contributed by atoms with Gasteiger partial charge in [-0.05, 0) is 49.0 Å². The number of nitrogens with one attached hydrogen (secondary N) is 1. The molecule has 1 aliphatic carbocycles. The molecule has 1 aromatic heterocycles. The number of thiophene rings is 1. The highest BCUT2D eigenvalue weighted by Gasteiger charge is 2.24. The minimum atomic E-state index is 0.505. The van der Waals surface area contributed by atoms with Gasteiger partial charge in [-0.25, -0.2) is 0 Å². The lowest BCUT2D eigenvalue weighted by Gasteiger charge is -2.32. The van der Waals surface area contributed by atoms with Crippen LogP contribution in [0.25, 0.3) is 0 Å². The van der Waals surface area contributed by atoms with Gasteiger partial charge in [0.25, 0.3) is 0 Å². The molecule has 1 aromatic rings. The lowest BCUT2D eigenvalue weighted by Crippen LogP contribution is -2.30. The molecule has 0 saturated heterocycles. The van der Waals surface area contributed by atoms with Crippen LogP contribution in [0.3, 0.4) is 0 Å². The summed E-state index contributed by atoms with van der Waals surface area (Å²) in [6.45, 7) is 7.62. The average Bonchev–Trinajstić information content (AvgIpc) is 2.91. The molecule has 1 aliphatic rings. The van der Waals surface area contributed by atoms with E-state index >= 15 is 0 Å². The van der Waals surface area contributed by atoms with Crippen LogP contribution in [0.5, 0.6) is 0 Å². The Bertz CT molecular complexity index is 339. The van der Waals surface area contributed by atoms with Gasteiger partial charge < -0.3 is 10.1 Å². The SMILES string of the molecule is CC1CCC(OCCNCCc2cccs2)CC1C. The van der Waals surface area contributed by atoms with Crippen molar-refractivity contribution >= 4 is 11.3 Å². The van der Waals surface area contributed by atoms with Gasteiger partial charge in [-0.15, -0.1) is 11.3 Å². The van der Waals surface area contributed by atoms with Crippen molar-refractivity contribution in [3.63, 3.8) is 0 Å². The quantitative estimate of drug-likeness (QED) is 0.769. The van der Waals surface area contributed by atoms with E-state index in [1.165, 1.54) is 24.1 Å². The summed E-state index contributed by atoms with van der Waals surface area (Å²) in [5.41, 5.74) is 0. The van der Waals surface area contributed by atoms with Gasteiger partial charge in [-0.3, -0.25) is 0 Å². The first-order valence-electron chi connectivity index (χ1n) is 7.60. The Balaban J connectivity index is 1.48. The van der Waals surface area contributed by atoms with Gasteiger partial charge in [0, 0.05) is 18.0 Å². The third-order valence-electron chi connectivity index (χ3n) is 4.31. The van der Waals surface area contributed by atoms with Gasteiger partial charge in [0.05, 0.1) is 12.7 Å². The molecule has 1 N–H and O–H groups in total. The van der Waals surface area contributed by atoms with Gasteiger partial charge >= 0.3 is 0 Å². The Morgan fingerprint density at radius 2 is 2.16 bits per heavy atom. The molecule has 0 aliphatic heterocycles. The molecular formula is C16H27NOS. The topological polar surface area (TPSA) is 21.3 Å². The molecule has 3 atom stereocenters. The lowest BCUT2D eigenvalue weighted by molar-refractivity contribution is 0.00439. The van der Waals surface area contributed by atoms with Gasteiger partial charge in [0.2, 0.25) is 0 Å². The fourth-order valence-electron chi connectivity index (χ4n) is 2.74. The number of rotatable bonds is 7. The summed E-state index contributed by atoms with van der Waals surface area (Å²) in [4.78, 5) is 1.46. The fourth-order valence-corrected chi connectivity index (χ4v) is 3.45. The summed E-state index contributed by atoms with van der Waals surface area (Å²) in [5, 5.41) is 5.61. The van der Waals surface area contributed by atoms with Crippen LogP contribution in [0, 0.1) is 11.8 Å². The largest absolute Gasteiger partial charge is 0.377 e. The molecule has 1 heterocycles. The van der Waals surface area contributed by atoms with Crippen LogP contribution >= 0.6 is 11.3 Å². The average molecular weight is 281 g/mol. The van der Waals surface area contributed by atoms with E-state index in [1.807, 2.05) is 11.3 Å². The maximum atomic E-state index is 5.98. The van der Waals surface area contributed by atoms with Crippen LogP contribution < -0.4 is 5.32 Å². The zero-order valence-electron chi connectivity index (χ0n) is 12.2. The van der Waals surface area contributed by atoms with Crippen LogP contribution in [0.1, 0.15) is 38.0 Å². The maximum Gasteiger partial charge on any atom is 0.0594 e. The first-order chi connectivity index (χ1) is 9.25. The Hall–Kier alpha value is -0.380. The van der Waals surface area contributed by atoms with Crippen molar-refractivity contribution in [2.45, 2.75) is 45.6 Å². The zero-order chi connectivity index (χ0) is 13.5. The van der Waals surface area contributed by atoms with Crippen molar-refractivity contribution in [2.24, 2.45) is 11.8 Å². The third kappa shape index (κ3) is 5.25. The zero-order valence-corrected chi connectivity index (χ0v) is 13.0. The standard InChI is InChI=1S/C16H27NOS/c1-13-5-6-15(12-14(13)2)18-10-9-17-8-7-16-4-3-11-19-16/h3-4,11,13-15,17H,5-10,12H2,1-2H3. The minimum Gasteiger partial charge on any atom is -0.377 e. The van der Waals surface area contributed by atoms with Crippen molar-refractivity contribution in [3.8, 4) is 0 Å². The molecule has 1 fully saturated rings. The van der Waals surface area contributed by atoms with Crippen molar-refractivity contribution < 1.29 is 4.74 Å². The fraction of sp³-hybridized carbons (Fsp3) is 0.750. The van der Waals surface area contributed by atoms with Gasteiger partial charge in [-0.2, -0.15) is 0 Å². The van der Waals surface area contributed by atoms with Gasteiger partial charge in [-0.1, -0.05) is 19.9 Å². The van der Waals surface area contributed by atoms with Crippen molar-refractivity contribution in [1.29, 1.82) is 0 Å². The minimum absolute atomic E-state index is 0.505. The first-order valence-corrected chi connectivity index (χ1v) is 8.48. The van der Waals surface area contributed by atoms with E-state index in [1.54, 1.807) is 0 Å². The van der Waals surface area contributed by atoms with E-state index in [2.05, 4.69) is 36.7 Å². The van der Waals surface area contributed by atoms with Crippen LogP contribution in [0.2, 0.25) is 0 Å². The molecule has 108 valence electrons. The second-order valence-electron chi connectivity index (χ2n) is 5.84. The van der Waals surface area contributed by atoms with Crippen molar-refractivity contribution in [1.82, 2.24) is 5.32 Å². The third-order valence-corrected chi connectivity index (χ3v) is 5.25. The van der Waals surface area contributed by atoms with Crippen molar-refractivity contribution in [3.05, 3.63) is 22.4 Å². The van der Waals surface area contributed by atoms with Crippen LogP contribution in [-0.4, -0.2) is 25.8 Å². The second-order valence-corrected chi connectivity index (χ2v) is 6.87. The number of ether oxygens (including phenoxy) is 1. The van der Waals surface area contributed by atoms with E-state index in [4.69, 9.17) is 4.74 Å². The highest BCUT2D eigenvalue weighted by Crippen LogP contribution is 2.30. The van der Waals surface area contributed by atoms with Crippen LogP contribution in [0.15, 0.2) is 17.5 Å². The predicted molar refractivity (Wildman–Crippen MR) is 82.8 cm³/mol. The Labute approximate surface area is 121 Å². The smallest absolute Gasteiger partial charge is 0.0594 e. The van der Waals surface area contributed by atoms with Gasteiger partial charge in [0.1, 0.15) is 0 Å². The second kappa shape index (κ2) is 8.03. The molecule has 0 aromatic carbocycles. The highest BCUT2D eigenvalue weighted by atomic mass is 32.1. The first kappa shape index (κ1) is 15.0. The van der Waals surface area contributed by atoms with E-state index in [9.17, 15) is 0 Å². The molecule has 19 heavy (non-hydrogen) atoms. The summed E-state index contributed by atoms with van der Waals surface area (Å²) in [7, 11) is 0. The molecule has 0 bridgehead atoms. The summed E-state index contributed by atoms with van der Waals surface area (Å²) in [6.07, 6.45) is 5.47. The maximum absolute atomic E-state index is 5.98. The molecule has 2 rings (SSSR count). The highest BCUT2D eigenvalue weighted by molar-refractivity contribution is 7.09. The molecule has 0 amide bonds. The Kier molecular flexibility index (Phi) is 6.35. The summed E-state index contributed by atoms with van der Waals surface area (Å²) < 4.78 is 5.98. The van der Waals surface area contributed by atoms with Crippen LogP contribution in [-0.2, 0) is 11.2 Å². The predicted octanol–water partition coefficient (Wildman–Crippen LogP) is 3.72. The molecule has 0 radical (unpaired) electrons. The Morgan fingerprint density at radius 1 is 1.26 bits per heavy atom.